The zero-order chi connectivity index (χ0) is 22.4. The van der Waals surface area contributed by atoms with E-state index in [9.17, 15) is 15.0 Å². The van der Waals surface area contributed by atoms with Crippen molar-refractivity contribution in [2.75, 3.05) is 26.8 Å². The Kier molecular flexibility index (Phi) is 7.44. The molecule has 168 valence electrons. The number of aryl methyl sites for hydroxylation is 1. The predicted molar refractivity (Wildman–Crippen MR) is 117 cm³/mol. The Labute approximate surface area is 184 Å². The van der Waals surface area contributed by atoms with Crippen LogP contribution in [-0.4, -0.2) is 49.0 Å². The van der Waals surface area contributed by atoms with Crippen LogP contribution in [0.1, 0.15) is 43.7 Å². The van der Waals surface area contributed by atoms with Crippen LogP contribution >= 0.6 is 0 Å². The van der Waals surface area contributed by atoms with E-state index >= 15 is 0 Å². The summed E-state index contributed by atoms with van der Waals surface area (Å²) in [5.41, 5.74) is 1.63. The maximum Gasteiger partial charge on any atom is 0.161 e. The first-order valence-corrected chi connectivity index (χ1v) is 10.8. The molecule has 3 atom stereocenters. The Morgan fingerprint density at radius 3 is 2.61 bits per heavy atom. The highest BCUT2D eigenvalue weighted by molar-refractivity contribution is 5.63. The second-order valence-corrected chi connectivity index (χ2v) is 8.58. The molecule has 2 aromatic rings. The monoisotopic (exact) mass is 426 g/mol. The fourth-order valence-electron chi connectivity index (χ4n) is 4.34. The minimum absolute atomic E-state index is 0.170. The van der Waals surface area contributed by atoms with E-state index in [1.165, 1.54) is 10.5 Å². The van der Waals surface area contributed by atoms with Crippen LogP contribution in [-0.2, 0) is 6.42 Å². The first-order valence-electron chi connectivity index (χ1n) is 10.8. The van der Waals surface area contributed by atoms with Crippen molar-refractivity contribution in [3.05, 3.63) is 59.7 Å². The summed E-state index contributed by atoms with van der Waals surface area (Å²) in [6.07, 6.45) is 1.06. The van der Waals surface area contributed by atoms with Crippen LogP contribution in [0.2, 0.25) is 0 Å². The van der Waals surface area contributed by atoms with Crippen molar-refractivity contribution in [3.63, 3.8) is 0 Å². The summed E-state index contributed by atoms with van der Waals surface area (Å²) in [5, 5.41) is 21.9. The highest BCUT2D eigenvalue weighted by Gasteiger charge is 2.47. The van der Waals surface area contributed by atoms with Crippen LogP contribution in [0.5, 0.6) is 11.5 Å². The van der Waals surface area contributed by atoms with Crippen LogP contribution in [0.4, 0.5) is 4.79 Å². The van der Waals surface area contributed by atoms with Gasteiger partial charge in [-0.1, -0.05) is 43.3 Å². The summed E-state index contributed by atoms with van der Waals surface area (Å²) >= 11 is 0. The number of carboxylic acid groups (broad SMARTS) is 1. The quantitative estimate of drug-likeness (QED) is 0.623. The average molecular weight is 427 g/mol. The Bertz CT molecular complexity index is 869. The summed E-state index contributed by atoms with van der Waals surface area (Å²) in [6, 6.07) is 16.1. The van der Waals surface area contributed by atoms with Gasteiger partial charge in [0.15, 0.2) is 11.5 Å². The van der Waals surface area contributed by atoms with Crippen molar-refractivity contribution in [1.29, 1.82) is 0 Å². The lowest BCUT2D eigenvalue weighted by molar-refractivity contribution is -0.264. The molecule has 1 aliphatic heterocycles. The highest BCUT2D eigenvalue weighted by Crippen LogP contribution is 2.46. The normalized spacial score (nSPS) is 21.7. The standard InChI is InChI=1S/C25H33NO5/c1-18(27)25(2)17-26(24(28)29)16-21(25)20-12-13-22(30-3)23(15-20)31-14-8-7-11-19-9-5-4-6-10-19/h4-6,9-10,12-13,15,18,21,27H,7-8,11,14,16-17H2,1-3H3,(H,28,29)/p-1. The molecular formula is C25H32NO5-. The van der Waals surface area contributed by atoms with Crippen LogP contribution in [0.3, 0.4) is 0 Å². The van der Waals surface area contributed by atoms with Gasteiger partial charge < -0.3 is 29.4 Å². The molecule has 1 saturated heterocycles. The molecule has 0 aromatic heterocycles. The van der Waals surface area contributed by atoms with E-state index in [1.807, 2.05) is 43.3 Å². The number of unbranched alkanes of at least 4 members (excludes halogenated alkanes) is 1. The van der Waals surface area contributed by atoms with E-state index in [-0.39, 0.29) is 19.0 Å². The number of nitrogens with zero attached hydrogens (tertiary/aromatic N) is 1. The Morgan fingerprint density at radius 2 is 1.97 bits per heavy atom. The largest absolute Gasteiger partial charge is 0.530 e. The fraction of sp³-hybridized carbons (Fsp3) is 0.480. The van der Waals surface area contributed by atoms with E-state index < -0.39 is 17.6 Å². The molecule has 6 nitrogen and oxygen atoms in total. The number of aliphatic hydroxyl groups is 1. The summed E-state index contributed by atoms with van der Waals surface area (Å²) in [7, 11) is 1.60. The molecule has 31 heavy (non-hydrogen) atoms. The van der Waals surface area contributed by atoms with E-state index in [0.29, 0.717) is 18.1 Å². The molecule has 1 N–H and O–H groups in total. The SMILES string of the molecule is COc1ccc(C2CN(C(=O)[O-])CC2(C)C(C)O)cc1OCCCCc1ccccc1. The lowest BCUT2D eigenvalue weighted by Crippen LogP contribution is -2.42. The molecule has 1 amide bonds. The first kappa shape index (κ1) is 22.9. The second kappa shape index (κ2) is 10.1. The minimum atomic E-state index is -1.21. The molecule has 0 spiro atoms. The topological polar surface area (TPSA) is 82.1 Å². The minimum Gasteiger partial charge on any atom is -0.530 e. The molecule has 1 heterocycles. The molecule has 1 aliphatic rings. The second-order valence-electron chi connectivity index (χ2n) is 8.58. The molecule has 0 saturated carbocycles. The molecule has 3 rings (SSSR count). The summed E-state index contributed by atoms with van der Waals surface area (Å²) in [5.74, 6) is 1.11. The summed E-state index contributed by atoms with van der Waals surface area (Å²) in [4.78, 5) is 12.7. The van der Waals surface area contributed by atoms with Gasteiger partial charge in [-0.15, -0.1) is 0 Å². The number of likely N-dealkylation sites (tertiary alicyclic amines) is 1. The number of amides is 1. The molecule has 0 aliphatic carbocycles. The number of rotatable bonds is 9. The van der Waals surface area contributed by atoms with Crippen molar-refractivity contribution in [1.82, 2.24) is 4.90 Å². The molecule has 2 aromatic carbocycles. The fourth-order valence-corrected chi connectivity index (χ4v) is 4.34. The lowest BCUT2D eigenvalue weighted by Gasteiger charge is -2.34. The number of benzene rings is 2. The molecular weight excluding hydrogens is 394 g/mol. The number of aliphatic hydroxyl groups excluding tert-OH is 1. The van der Waals surface area contributed by atoms with Gasteiger partial charge in [-0.2, -0.15) is 0 Å². The van der Waals surface area contributed by atoms with Crippen molar-refractivity contribution in [3.8, 4) is 11.5 Å². The van der Waals surface area contributed by atoms with Gasteiger partial charge in [-0.3, -0.25) is 0 Å². The van der Waals surface area contributed by atoms with Crippen LogP contribution in [0, 0.1) is 5.41 Å². The van der Waals surface area contributed by atoms with Crippen molar-refractivity contribution < 1.29 is 24.5 Å². The highest BCUT2D eigenvalue weighted by atomic mass is 16.5. The Morgan fingerprint density at radius 1 is 1.23 bits per heavy atom. The third-order valence-electron chi connectivity index (χ3n) is 6.49. The van der Waals surface area contributed by atoms with Crippen molar-refractivity contribution in [2.24, 2.45) is 5.41 Å². The van der Waals surface area contributed by atoms with Gasteiger partial charge in [0.2, 0.25) is 0 Å². The maximum atomic E-state index is 11.5. The number of hydrogen-bond donors (Lipinski definition) is 1. The van der Waals surface area contributed by atoms with Gasteiger partial charge in [-0.25, -0.2) is 0 Å². The van der Waals surface area contributed by atoms with Gasteiger partial charge in [0.1, 0.15) is 6.09 Å². The third kappa shape index (κ3) is 5.31. The number of carbonyl (C=O) groups excluding carboxylic acids is 1. The summed E-state index contributed by atoms with van der Waals surface area (Å²) < 4.78 is 11.5. The average Bonchev–Trinajstić information content (AvgIpc) is 3.13. The molecule has 0 radical (unpaired) electrons. The third-order valence-corrected chi connectivity index (χ3v) is 6.49. The smallest absolute Gasteiger partial charge is 0.161 e. The van der Waals surface area contributed by atoms with E-state index in [2.05, 4.69) is 12.1 Å². The maximum absolute atomic E-state index is 11.5. The zero-order valence-corrected chi connectivity index (χ0v) is 18.5. The Balaban J connectivity index is 1.68. The van der Waals surface area contributed by atoms with Gasteiger partial charge >= 0.3 is 0 Å². The zero-order valence-electron chi connectivity index (χ0n) is 18.5. The number of carbonyl (C=O) groups is 1. The number of methoxy groups -OCH3 is 1. The van der Waals surface area contributed by atoms with Gasteiger partial charge in [0, 0.05) is 24.4 Å². The van der Waals surface area contributed by atoms with Crippen LogP contribution in [0.25, 0.3) is 0 Å². The number of ether oxygens (including phenoxy) is 2. The van der Waals surface area contributed by atoms with E-state index in [4.69, 9.17) is 9.47 Å². The van der Waals surface area contributed by atoms with Gasteiger partial charge in [0.25, 0.3) is 0 Å². The molecule has 0 bridgehead atoms. The van der Waals surface area contributed by atoms with Crippen LogP contribution < -0.4 is 14.6 Å². The summed E-state index contributed by atoms with van der Waals surface area (Å²) in [6.45, 7) is 4.71. The lowest BCUT2D eigenvalue weighted by atomic mass is 9.72. The van der Waals surface area contributed by atoms with E-state index in [1.54, 1.807) is 14.0 Å². The van der Waals surface area contributed by atoms with Gasteiger partial charge in [-0.05, 0) is 49.4 Å². The Hall–Kier alpha value is -2.73. The van der Waals surface area contributed by atoms with Gasteiger partial charge in [0.05, 0.1) is 19.8 Å². The van der Waals surface area contributed by atoms with E-state index in [0.717, 1.165) is 24.8 Å². The van der Waals surface area contributed by atoms with Crippen LogP contribution in [0.15, 0.2) is 48.5 Å². The predicted octanol–water partition coefficient (Wildman–Crippen LogP) is 3.23. The first-order chi connectivity index (χ1) is 14.8. The molecule has 6 heteroatoms. The molecule has 1 fully saturated rings. The van der Waals surface area contributed by atoms with Crippen molar-refractivity contribution >= 4 is 6.09 Å². The van der Waals surface area contributed by atoms with Crippen molar-refractivity contribution in [2.45, 2.75) is 45.1 Å². The molecule has 3 unspecified atom stereocenters. The number of hydrogen-bond acceptors (Lipinski definition) is 5.